The van der Waals surface area contributed by atoms with Crippen LogP contribution in [0.3, 0.4) is 0 Å². The van der Waals surface area contributed by atoms with E-state index < -0.39 is 6.04 Å². The first-order chi connectivity index (χ1) is 20.0. The maximum atomic E-state index is 13.9. The summed E-state index contributed by atoms with van der Waals surface area (Å²) in [6, 6.07) is 14.1. The van der Waals surface area contributed by atoms with Crippen LogP contribution in [0.25, 0.3) is 0 Å². The molecule has 41 heavy (non-hydrogen) atoms. The second-order valence-electron chi connectivity index (χ2n) is 9.78. The van der Waals surface area contributed by atoms with E-state index >= 15 is 0 Å². The first kappa shape index (κ1) is 28.3. The first-order valence-electron chi connectivity index (χ1n) is 13.5. The van der Waals surface area contributed by atoms with Gasteiger partial charge in [-0.2, -0.15) is 5.10 Å². The number of nitrogens with zero attached hydrogens (tertiary/aromatic N) is 4. The molecule has 216 valence electrons. The predicted molar refractivity (Wildman–Crippen MR) is 149 cm³/mol. The Labute approximate surface area is 237 Å². The highest BCUT2D eigenvalue weighted by atomic mass is 19.1. The summed E-state index contributed by atoms with van der Waals surface area (Å²) in [5, 5.41) is 6.12. The van der Waals surface area contributed by atoms with Crippen molar-refractivity contribution in [2.24, 2.45) is 5.10 Å². The van der Waals surface area contributed by atoms with Crippen molar-refractivity contribution in [2.75, 3.05) is 60.2 Å². The van der Waals surface area contributed by atoms with Gasteiger partial charge in [-0.25, -0.2) is 9.40 Å². The third kappa shape index (κ3) is 6.58. The zero-order chi connectivity index (χ0) is 28.8. The third-order valence-corrected chi connectivity index (χ3v) is 7.28. The van der Waals surface area contributed by atoms with Gasteiger partial charge in [-0.15, -0.1) is 0 Å². The number of amides is 2. The van der Waals surface area contributed by atoms with Gasteiger partial charge in [0.2, 0.25) is 0 Å². The van der Waals surface area contributed by atoms with Crippen LogP contribution in [0, 0.1) is 5.82 Å². The first-order valence-corrected chi connectivity index (χ1v) is 13.5. The maximum Gasteiger partial charge on any atom is 0.290 e. The maximum absolute atomic E-state index is 13.9. The lowest BCUT2D eigenvalue weighted by atomic mass is 9.97. The summed E-state index contributed by atoms with van der Waals surface area (Å²) in [7, 11) is 3.13. The topological polar surface area (TPSA) is 97.1 Å². The average molecular weight is 565 g/mol. The van der Waals surface area contributed by atoms with E-state index in [-0.39, 0.29) is 29.9 Å². The van der Waals surface area contributed by atoms with E-state index in [0.717, 1.165) is 18.7 Å². The number of carbonyl (C=O) groups is 2. The van der Waals surface area contributed by atoms with Crippen molar-refractivity contribution in [2.45, 2.75) is 12.5 Å². The second kappa shape index (κ2) is 13.0. The molecule has 0 bridgehead atoms. The molecule has 2 amide bonds. The average Bonchev–Trinajstić information content (AvgIpc) is 3.71. The number of carbonyl (C=O) groups excluding carboxylic acids is 2. The van der Waals surface area contributed by atoms with Gasteiger partial charge in [-0.3, -0.25) is 14.5 Å². The smallest absolute Gasteiger partial charge is 0.290 e. The normalized spacial score (nSPS) is 17.3. The molecule has 3 heterocycles. The SMILES string of the molecule is COc1ccc(C2=NN(C(=O)CN(CCN3CCOCC3)C(=O)c3ccco3)[C@H](c3ccc(F)cc3)C2)c(OC)c1. The van der Waals surface area contributed by atoms with Crippen LogP contribution in [0.4, 0.5) is 4.39 Å². The molecule has 1 aromatic heterocycles. The van der Waals surface area contributed by atoms with Gasteiger partial charge in [0.05, 0.1) is 45.5 Å². The Bertz CT molecular complexity index is 1370. The number of rotatable bonds is 10. The van der Waals surface area contributed by atoms with Crippen LogP contribution in [0.15, 0.2) is 70.4 Å². The summed E-state index contributed by atoms with van der Waals surface area (Å²) in [6.45, 7) is 3.47. The number of hydrogen-bond donors (Lipinski definition) is 0. The molecule has 2 aliphatic heterocycles. The summed E-state index contributed by atoms with van der Waals surface area (Å²) in [6.07, 6.45) is 1.80. The molecule has 11 heteroatoms. The fourth-order valence-electron chi connectivity index (χ4n) is 5.02. The molecule has 0 N–H and O–H groups in total. The molecule has 2 aliphatic rings. The van der Waals surface area contributed by atoms with Crippen molar-refractivity contribution in [3.8, 4) is 11.5 Å². The van der Waals surface area contributed by atoms with Crippen LogP contribution in [-0.2, 0) is 9.53 Å². The van der Waals surface area contributed by atoms with Crippen LogP contribution in [-0.4, -0.2) is 92.5 Å². The molecule has 2 aromatic carbocycles. The Kier molecular flexibility index (Phi) is 8.95. The number of morpholine rings is 1. The standard InChI is InChI=1S/C30H33FN4O6/c1-38-23-9-10-24(28(18-23)39-2)25-19-26(21-5-7-22(31)8-6-21)35(32-25)29(36)20-34(30(37)27-4-3-15-41-27)12-11-33-13-16-40-17-14-33/h3-10,15,18,26H,11-14,16-17,19-20H2,1-2H3/t26-/m0/s1. The molecule has 0 unspecified atom stereocenters. The lowest BCUT2D eigenvalue weighted by molar-refractivity contribution is -0.133. The molecule has 0 spiro atoms. The number of ether oxygens (including phenoxy) is 3. The number of halogens is 1. The Balaban J connectivity index is 1.43. The second-order valence-corrected chi connectivity index (χ2v) is 9.78. The third-order valence-electron chi connectivity index (χ3n) is 7.28. The number of benzene rings is 2. The van der Waals surface area contributed by atoms with E-state index in [9.17, 15) is 14.0 Å². The van der Waals surface area contributed by atoms with E-state index in [1.165, 1.54) is 28.3 Å². The van der Waals surface area contributed by atoms with Gasteiger partial charge in [0.15, 0.2) is 5.76 Å². The quantitative estimate of drug-likeness (QED) is 0.371. The fraction of sp³-hybridized carbons (Fsp3) is 0.367. The van der Waals surface area contributed by atoms with E-state index in [1.807, 2.05) is 6.07 Å². The molecule has 0 radical (unpaired) electrons. The Morgan fingerprint density at radius 3 is 2.54 bits per heavy atom. The highest BCUT2D eigenvalue weighted by Gasteiger charge is 2.36. The number of hydrazone groups is 1. The zero-order valence-electron chi connectivity index (χ0n) is 23.1. The van der Waals surface area contributed by atoms with E-state index in [0.29, 0.717) is 55.5 Å². The molecule has 0 aliphatic carbocycles. The van der Waals surface area contributed by atoms with Crippen molar-refractivity contribution in [3.05, 3.63) is 83.6 Å². The van der Waals surface area contributed by atoms with Gasteiger partial charge >= 0.3 is 0 Å². The Morgan fingerprint density at radius 2 is 1.85 bits per heavy atom. The van der Waals surface area contributed by atoms with Crippen LogP contribution in [0.5, 0.6) is 11.5 Å². The monoisotopic (exact) mass is 564 g/mol. The summed E-state index contributed by atoms with van der Waals surface area (Å²) in [4.78, 5) is 30.9. The summed E-state index contributed by atoms with van der Waals surface area (Å²) in [5.41, 5.74) is 2.07. The minimum Gasteiger partial charge on any atom is -0.497 e. The molecular formula is C30H33FN4O6. The van der Waals surface area contributed by atoms with Gasteiger partial charge in [0.1, 0.15) is 23.9 Å². The van der Waals surface area contributed by atoms with Gasteiger partial charge in [0, 0.05) is 44.2 Å². The molecule has 3 aromatic rings. The van der Waals surface area contributed by atoms with Crippen molar-refractivity contribution in [3.63, 3.8) is 0 Å². The molecule has 0 saturated carbocycles. The van der Waals surface area contributed by atoms with Crippen molar-refractivity contribution < 1.29 is 32.6 Å². The van der Waals surface area contributed by atoms with Crippen LogP contribution in [0.2, 0.25) is 0 Å². The highest BCUT2D eigenvalue weighted by Crippen LogP contribution is 2.36. The van der Waals surface area contributed by atoms with Gasteiger partial charge in [0.25, 0.3) is 11.8 Å². The van der Waals surface area contributed by atoms with Crippen molar-refractivity contribution >= 4 is 17.5 Å². The summed E-state index contributed by atoms with van der Waals surface area (Å²) < 4.78 is 35.5. The van der Waals surface area contributed by atoms with Crippen molar-refractivity contribution in [1.29, 1.82) is 0 Å². The zero-order valence-corrected chi connectivity index (χ0v) is 23.1. The Hall–Kier alpha value is -4.22. The van der Waals surface area contributed by atoms with Crippen LogP contribution < -0.4 is 9.47 Å². The summed E-state index contributed by atoms with van der Waals surface area (Å²) in [5.74, 6) is 0.207. The minimum atomic E-state index is -0.496. The van der Waals surface area contributed by atoms with E-state index in [2.05, 4.69) is 4.90 Å². The molecule has 1 fully saturated rings. The lowest BCUT2D eigenvalue weighted by Gasteiger charge is -2.30. The number of hydrogen-bond acceptors (Lipinski definition) is 8. The molecule has 10 nitrogen and oxygen atoms in total. The Morgan fingerprint density at radius 1 is 1.07 bits per heavy atom. The summed E-state index contributed by atoms with van der Waals surface area (Å²) >= 11 is 0. The van der Waals surface area contributed by atoms with Gasteiger partial charge in [-0.1, -0.05) is 12.1 Å². The minimum absolute atomic E-state index is 0.156. The molecule has 1 saturated heterocycles. The predicted octanol–water partition coefficient (Wildman–Crippen LogP) is 3.59. The largest absolute Gasteiger partial charge is 0.497 e. The van der Waals surface area contributed by atoms with Gasteiger partial charge in [-0.05, 0) is 42.0 Å². The van der Waals surface area contributed by atoms with E-state index in [1.54, 1.807) is 50.6 Å². The lowest BCUT2D eigenvalue weighted by Crippen LogP contribution is -2.46. The van der Waals surface area contributed by atoms with Crippen LogP contribution in [0.1, 0.15) is 34.1 Å². The fourth-order valence-corrected chi connectivity index (χ4v) is 5.02. The number of furan rings is 1. The number of methoxy groups -OCH3 is 2. The van der Waals surface area contributed by atoms with Gasteiger partial charge < -0.3 is 23.5 Å². The molecule has 5 rings (SSSR count). The molecule has 1 atom stereocenters. The highest BCUT2D eigenvalue weighted by molar-refractivity contribution is 6.05. The van der Waals surface area contributed by atoms with E-state index in [4.69, 9.17) is 23.7 Å². The van der Waals surface area contributed by atoms with Crippen LogP contribution >= 0.6 is 0 Å². The van der Waals surface area contributed by atoms with Crippen molar-refractivity contribution in [1.82, 2.24) is 14.8 Å². The molecular weight excluding hydrogens is 531 g/mol.